The third kappa shape index (κ3) is 3.80. The molecule has 2 nitrogen and oxygen atoms in total. The molecule has 0 aliphatic heterocycles. The Morgan fingerprint density at radius 3 is 2.59 bits per heavy atom. The molecule has 0 bridgehead atoms. The second kappa shape index (κ2) is 5.63. The Balaban J connectivity index is 1.93. The highest BCUT2D eigenvalue weighted by Gasteiger charge is 2.07. The van der Waals surface area contributed by atoms with Gasteiger partial charge in [0.15, 0.2) is 0 Å². The van der Waals surface area contributed by atoms with Gasteiger partial charge < -0.3 is 5.73 Å². The summed E-state index contributed by atoms with van der Waals surface area (Å²) in [7, 11) is 0. The largest absolute Gasteiger partial charge is 0.327 e. The summed E-state index contributed by atoms with van der Waals surface area (Å²) in [6.45, 7) is 2.01. The number of halogens is 1. The lowest BCUT2D eigenvalue weighted by atomic mass is 10.0. The van der Waals surface area contributed by atoms with Crippen LogP contribution in [0.4, 0.5) is 0 Å². The molecule has 1 heterocycles. The van der Waals surface area contributed by atoms with Crippen LogP contribution >= 0.6 is 22.9 Å². The maximum absolute atomic E-state index is 6.13. The van der Waals surface area contributed by atoms with Crippen LogP contribution in [0.1, 0.15) is 15.4 Å². The van der Waals surface area contributed by atoms with Gasteiger partial charge in [-0.25, -0.2) is 4.98 Å². The lowest BCUT2D eigenvalue weighted by Crippen LogP contribution is -2.25. The molecule has 0 fully saturated rings. The first kappa shape index (κ1) is 12.6. The molecule has 1 unspecified atom stereocenters. The molecule has 1 aromatic carbocycles. The zero-order chi connectivity index (χ0) is 12.3. The SMILES string of the molecule is Cc1ncc(CC(N)Cc2ccc(Cl)cc2)s1. The molecule has 0 amide bonds. The van der Waals surface area contributed by atoms with Gasteiger partial charge >= 0.3 is 0 Å². The monoisotopic (exact) mass is 266 g/mol. The summed E-state index contributed by atoms with van der Waals surface area (Å²) in [5, 5.41) is 1.86. The Labute approximate surface area is 110 Å². The topological polar surface area (TPSA) is 38.9 Å². The van der Waals surface area contributed by atoms with E-state index in [1.807, 2.05) is 37.4 Å². The van der Waals surface area contributed by atoms with Crippen LogP contribution in [-0.4, -0.2) is 11.0 Å². The molecule has 0 spiro atoms. The molecule has 1 atom stereocenters. The van der Waals surface area contributed by atoms with Crippen LogP contribution in [0.3, 0.4) is 0 Å². The van der Waals surface area contributed by atoms with Crippen molar-refractivity contribution in [2.75, 3.05) is 0 Å². The summed E-state index contributed by atoms with van der Waals surface area (Å²) in [6, 6.07) is 8.00. The van der Waals surface area contributed by atoms with Gasteiger partial charge in [-0.15, -0.1) is 11.3 Å². The zero-order valence-corrected chi connectivity index (χ0v) is 11.3. The average Bonchev–Trinajstić information content (AvgIpc) is 2.67. The smallest absolute Gasteiger partial charge is 0.0896 e. The predicted octanol–water partition coefficient (Wildman–Crippen LogP) is 3.22. The minimum atomic E-state index is 0.135. The average molecular weight is 267 g/mol. The molecule has 2 rings (SSSR count). The van der Waals surface area contributed by atoms with Gasteiger partial charge in [-0.3, -0.25) is 0 Å². The van der Waals surface area contributed by atoms with Gasteiger partial charge in [0.05, 0.1) is 5.01 Å². The van der Waals surface area contributed by atoms with Crippen molar-refractivity contribution in [1.29, 1.82) is 0 Å². The van der Waals surface area contributed by atoms with Crippen LogP contribution in [0, 0.1) is 6.92 Å². The molecule has 90 valence electrons. The van der Waals surface area contributed by atoms with Crippen LogP contribution < -0.4 is 5.73 Å². The van der Waals surface area contributed by atoms with Crippen molar-refractivity contribution in [3.05, 3.63) is 50.9 Å². The van der Waals surface area contributed by atoms with E-state index in [1.165, 1.54) is 10.4 Å². The van der Waals surface area contributed by atoms with E-state index in [2.05, 4.69) is 4.98 Å². The molecule has 2 N–H and O–H groups in total. The van der Waals surface area contributed by atoms with Crippen molar-refractivity contribution < 1.29 is 0 Å². The van der Waals surface area contributed by atoms with Crippen molar-refractivity contribution in [2.45, 2.75) is 25.8 Å². The van der Waals surface area contributed by atoms with E-state index in [4.69, 9.17) is 17.3 Å². The minimum Gasteiger partial charge on any atom is -0.327 e. The molecule has 0 aliphatic rings. The molecule has 0 radical (unpaired) electrons. The van der Waals surface area contributed by atoms with E-state index in [0.29, 0.717) is 0 Å². The number of aromatic nitrogens is 1. The summed E-state index contributed by atoms with van der Waals surface area (Å²) in [5.74, 6) is 0. The van der Waals surface area contributed by atoms with Crippen molar-refractivity contribution in [1.82, 2.24) is 4.98 Å². The number of hydrogen-bond donors (Lipinski definition) is 1. The standard InChI is InChI=1S/C13H15ClN2S/c1-9-16-8-13(17-9)7-12(15)6-10-2-4-11(14)5-3-10/h2-5,8,12H,6-7,15H2,1H3. The molecule has 4 heteroatoms. The van der Waals surface area contributed by atoms with Gasteiger partial charge in [-0.1, -0.05) is 23.7 Å². The highest BCUT2D eigenvalue weighted by atomic mass is 35.5. The van der Waals surface area contributed by atoms with Crippen LogP contribution in [-0.2, 0) is 12.8 Å². The van der Waals surface area contributed by atoms with Crippen LogP contribution in [0.25, 0.3) is 0 Å². The lowest BCUT2D eigenvalue weighted by molar-refractivity contribution is 0.670. The highest BCUT2D eigenvalue weighted by molar-refractivity contribution is 7.11. The molecule has 1 aromatic heterocycles. The van der Waals surface area contributed by atoms with Gasteiger partial charge in [0, 0.05) is 22.1 Å². The van der Waals surface area contributed by atoms with E-state index in [0.717, 1.165) is 22.9 Å². The number of nitrogens with zero attached hydrogens (tertiary/aromatic N) is 1. The molecule has 2 aromatic rings. The third-order valence-corrected chi connectivity index (χ3v) is 3.73. The molecular weight excluding hydrogens is 252 g/mol. The van der Waals surface area contributed by atoms with E-state index >= 15 is 0 Å². The zero-order valence-electron chi connectivity index (χ0n) is 9.69. The molecule has 0 saturated heterocycles. The number of hydrogen-bond acceptors (Lipinski definition) is 3. The maximum atomic E-state index is 6.13. The normalized spacial score (nSPS) is 12.6. The number of thiazole rings is 1. The summed E-state index contributed by atoms with van der Waals surface area (Å²) in [4.78, 5) is 5.49. The second-order valence-corrected chi connectivity index (χ2v) is 5.90. The molecule has 17 heavy (non-hydrogen) atoms. The Morgan fingerprint density at radius 2 is 2.00 bits per heavy atom. The second-order valence-electron chi connectivity index (χ2n) is 4.14. The van der Waals surface area contributed by atoms with E-state index in [1.54, 1.807) is 11.3 Å². The fraction of sp³-hybridized carbons (Fsp3) is 0.308. The summed E-state index contributed by atoms with van der Waals surface area (Å²) < 4.78 is 0. The van der Waals surface area contributed by atoms with Gasteiger partial charge in [0.2, 0.25) is 0 Å². The fourth-order valence-corrected chi connectivity index (χ4v) is 2.77. The van der Waals surface area contributed by atoms with Crippen LogP contribution in [0.15, 0.2) is 30.5 Å². The van der Waals surface area contributed by atoms with Crippen molar-refractivity contribution >= 4 is 22.9 Å². The Morgan fingerprint density at radius 1 is 1.29 bits per heavy atom. The van der Waals surface area contributed by atoms with Gasteiger partial charge in [-0.05, 0) is 37.5 Å². The van der Waals surface area contributed by atoms with Gasteiger partial charge in [0.1, 0.15) is 0 Å². The Kier molecular flexibility index (Phi) is 4.15. The first-order chi connectivity index (χ1) is 8.13. The van der Waals surface area contributed by atoms with E-state index in [-0.39, 0.29) is 6.04 Å². The fourth-order valence-electron chi connectivity index (χ4n) is 1.75. The van der Waals surface area contributed by atoms with Crippen molar-refractivity contribution in [3.63, 3.8) is 0 Å². The molecule has 0 aliphatic carbocycles. The summed E-state index contributed by atoms with van der Waals surface area (Å²) in [6.07, 6.45) is 3.67. The molecular formula is C13H15ClN2S. The Bertz CT molecular complexity index is 478. The Hall–Kier alpha value is -0.900. The number of nitrogens with two attached hydrogens (primary N) is 1. The molecule has 0 saturated carbocycles. The van der Waals surface area contributed by atoms with Crippen molar-refractivity contribution in [3.8, 4) is 0 Å². The van der Waals surface area contributed by atoms with Crippen LogP contribution in [0.2, 0.25) is 5.02 Å². The lowest BCUT2D eigenvalue weighted by Gasteiger charge is -2.10. The first-order valence-electron chi connectivity index (χ1n) is 5.55. The van der Waals surface area contributed by atoms with Gasteiger partial charge in [-0.2, -0.15) is 0 Å². The number of benzene rings is 1. The first-order valence-corrected chi connectivity index (χ1v) is 6.74. The number of aryl methyl sites for hydroxylation is 1. The third-order valence-electron chi connectivity index (χ3n) is 2.54. The van der Waals surface area contributed by atoms with E-state index < -0.39 is 0 Å². The summed E-state index contributed by atoms with van der Waals surface area (Å²) >= 11 is 7.56. The maximum Gasteiger partial charge on any atom is 0.0896 e. The number of rotatable bonds is 4. The quantitative estimate of drug-likeness (QED) is 0.923. The van der Waals surface area contributed by atoms with Gasteiger partial charge in [0.25, 0.3) is 0 Å². The van der Waals surface area contributed by atoms with E-state index in [9.17, 15) is 0 Å². The highest BCUT2D eigenvalue weighted by Crippen LogP contribution is 2.16. The predicted molar refractivity (Wildman–Crippen MR) is 73.7 cm³/mol. The van der Waals surface area contributed by atoms with Crippen LogP contribution in [0.5, 0.6) is 0 Å². The van der Waals surface area contributed by atoms with Crippen molar-refractivity contribution in [2.24, 2.45) is 5.73 Å². The minimum absolute atomic E-state index is 0.135. The summed E-state index contributed by atoms with van der Waals surface area (Å²) in [5.41, 5.74) is 7.36.